The molecule has 2 aromatic carbocycles. The molecule has 1 unspecified atom stereocenters. The first-order valence-corrected chi connectivity index (χ1v) is 9.34. The fourth-order valence-electron chi connectivity index (χ4n) is 3.30. The van der Waals surface area contributed by atoms with Gasteiger partial charge in [0.2, 0.25) is 0 Å². The Morgan fingerprint density at radius 1 is 0.966 bits per heavy atom. The van der Waals surface area contributed by atoms with Crippen LogP contribution in [0.5, 0.6) is 5.75 Å². The normalized spacial score (nSPS) is 13.9. The van der Waals surface area contributed by atoms with E-state index in [1.807, 2.05) is 26.8 Å². The Bertz CT molecular complexity index is 976. The van der Waals surface area contributed by atoms with Crippen molar-refractivity contribution in [1.29, 1.82) is 0 Å². The van der Waals surface area contributed by atoms with Gasteiger partial charge in [-0.25, -0.2) is 9.97 Å². The van der Waals surface area contributed by atoms with Crippen LogP contribution in [0.25, 0.3) is 11.1 Å². The van der Waals surface area contributed by atoms with E-state index in [0.29, 0.717) is 16.1 Å². The van der Waals surface area contributed by atoms with Crippen molar-refractivity contribution >= 4 is 11.6 Å². The highest BCUT2D eigenvalue weighted by Crippen LogP contribution is 2.47. The minimum absolute atomic E-state index is 0.0812. The summed E-state index contributed by atoms with van der Waals surface area (Å²) in [7, 11) is 0. The highest BCUT2D eigenvalue weighted by Gasteiger charge is 2.45. The maximum atomic E-state index is 12.3. The number of ether oxygens (including phenoxy) is 1. The van der Waals surface area contributed by atoms with Gasteiger partial charge in [-0.2, -0.15) is 8.78 Å². The van der Waals surface area contributed by atoms with Crippen molar-refractivity contribution in [2.75, 3.05) is 0 Å². The lowest BCUT2D eigenvalue weighted by molar-refractivity contribution is -0.0498. The number of hydrogen-bond acceptors (Lipinski definition) is 4. The summed E-state index contributed by atoms with van der Waals surface area (Å²) in [5, 5.41) is 12.1. The molecule has 0 aliphatic rings. The predicted molar refractivity (Wildman–Crippen MR) is 108 cm³/mol. The van der Waals surface area contributed by atoms with Gasteiger partial charge in [-0.15, -0.1) is 0 Å². The molecule has 1 aromatic heterocycles. The molecular formula is C22H21ClF2N2O2. The topological polar surface area (TPSA) is 55.2 Å². The average Bonchev–Trinajstić information content (AvgIpc) is 2.67. The number of aromatic nitrogens is 2. The molecule has 1 heterocycles. The lowest BCUT2D eigenvalue weighted by Crippen LogP contribution is -2.41. The first-order chi connectivity index (χ1) is 13.6. The Morgan fingerprint density at radius 2 is 1.55 bits per heavy atom. The third kappa shape index (κ3) is 4.23. The number of halogens is 3. The van der Waals surface area contributed by atoms with E-state index in [2.05, 4.69) is 14.7 Å². The second-order valence-corrected chi connectivity index (χ2v) is 8.09. The molecule has 0 radical (unpaired) electrons. The van der Waals surface area contributed by atoms with Crippen molar-refractivity contribution in [3.05, 3.63) is 77.3 Å². The van der Waals surface area contributed by atoms with Gasteiger partial charge in [-0.3, -0.25) is 0 Å². The minimum atomic E-state index is -2.87. The second kappa shape index (κ2) is 8.05. The summed E-state index contributed by atoms with van der Waals surface area (Å²) in [6, 6.07) is 11.6. The van der Waals surface area contributed by atoms with Crippen LogP contribution >= 0.6 is 11.6 Å². The van der Waals surface area contributed by atoms with Gasteiger partial charge >= 0.3 is 6.61 Å². The number of aliphatic hydroxyl groups is 1. The second-order valence-electron chi connectivity index (χ2n) is 7.69. The predicted octanol–water partition coefficient (Wildman–Crippen LogP) is 5.68. The molecule has 0 bridgehead atoms. The zero-order valence-electron chi connectivity index (χ0n) is 16.2. The Hall–Kier alpha value is -2.57. The van der Waals surface area contributed by atoms with Crippen LogP contribution < -0.4 is 4.74 Å². The molecule has 3 rings (SSSR count). The third-order valence-electron chi connectivity index (χ3n) is 4.84. The van der Waals surface area contributed by atoms with Crippen molar-refractivity contribution < 1.29 is 18.6 Å². The molecule has 0 aliphatic carbocycles. The van der Waals surface area contributed by atoms with Gasteiger partial charge in [0.1, 0.15) is 17.7 Å². The van der Waals surface area contributed by atoms with Crippen LogP contribution in [0.1, 0.15) is 31.9 Å². The Morgan fingerprint density at radius 3 is 2.07 bits per heavy atom. The molecule has 0 amide bonds. The molecule has 152 valence electrons. The summed E-state index contributed by atoms with van der Waals surface area (Å²) in [4.78, 5) is 8.07. The molecular weight excluding hydrogens is 398 g/mol. The van der Waals surface area contributed by atoms with Crippen molar-refractivity contribution in [3.8, 4) is 16.9 Å². The van der Waals surface area contributed by atoms with Gasteiger partial charge in [-0.05, 0) is 34.7 Å². The lowest BCUT2D eigenvalue weighted by atomic mass is 9.69. The standard InChI is InChI=1S/C22H21ClF2N2O2/c1-21(2,3)22(28,16-11-26-13-27-12-16)18-9-6-15(10-19(18)23)14-4-7-17(8-5-14)29-20(24)25/h4-13,20,28H,1-3H3. The van der Waals surface area contributed by atoms with Crippen LogP contribution in [0.4, 0.5) is 8.78 Å². The van der Waals surface area contributed by atoms with E-state index in [1.165, 1.54) is 18.5 Å². The van der Waals surface area contributed by atoms with Crippen molar-refractivity contribution in [2.45, 2.75) is 33.0 Å². The highest BCUT2D eigenvalue weighted by molar-refractivity contribution is 6.31. The highest BCUT2D eigenvalue weighted by atomic mass is 35.5. The molecule has 0 saturated heterocycles. The van der Waals surface area contributed by atoms with Crippen LogP contribution in [0.3, 0.4) is 0 Å². The maximum Gasteiger partial charge on any atom is 0.387 e. The summed E-state index contributed by atoms with van der Waals surface area (Å²) in [6.45, 7) is 2.86. The molecule has 7 heteroatoms. The van der Waals surface area contributed by atoms with E-state index in [0.717, 1.165) is 11.1 Å². The maximum absolute atomic E-state index is 12.3. The largest absolute Gasteiger partial charge is 0.435 e. The van der Waals surface area contributed by atoms with Crippen molar-refractivity contribution in [3.63, 3.8) is 0 Å². The first kappa shape index (κ1) is 21.1. The quantitative estimate of drug-likeness (QED) is 0.579. The minimum Gasteiger partial charge on any atom is -0.435 e. The zero-order chi connectivity index (χ0) is 21.2. The molecule has 0 saturated carbocycles. The van der Waals surface area contributed by atoms with E-state index in [1.54, 1.807) is 36.7 Å². The number of nitrogens with zero attached hydrogens (tertiary/aromatic N) is 2. The monoisotopic (exact) mass is 418 g/mol. The van der Waals surface area contributed by atoms with Crippen LogP contribution in [0.15, 0.2) is 61.2 Å². The van der Waals surface area contributed by atoms with Gasteiger partial charge in [0.05, 0.1) is 0 Å². The number of hydrogen-bond donors (Lipinski definition) is 1. The summed E-state index contributed by atoms with van der Waals surface area (Å²) in [5.41, 5.74) is 0.611. The molecule has 3 aromatic rings. The molecule has 0 fully saturated rings. The molecule has 4 nitrogen and oxygen atoms in total. The summed E-state index contributed by atoms with van der Waals surface area (Å²) < 4.78 is 29.0. The van der Waals surface area contributed by atoms with E-state index in [-0.39, 0.29) is 5.75 Å². The summed E-state index contributed by atoms with van der Waals surface area (Å²) in [5.74, 6) is 0.0812. The number of rotatable bonds is 5. The van der Waals surface area contributed by atoms with Gasteiger partial charge in [0.25, 0.3) is 0 Å². The van der Waals surface area contributed by atoms with Gasteiger partial charge in [0.15, 0.2) is 0 Å². The van der Waals surface area contributed by atoms with Crippen LogP contribution in [0, 0.1) is 5.41 Å². The zero-order valence-corrected chi connectivity index (χ0v) is 17.0. The molecule has 0 spiro atoms. The van der Waals surface area contributed by atoms with E-state index >= 15 is 0 Å². The fourth-order valence-corrected chi connectivity index (χ4v) is 3.61. The lowest BCUT2D eigenvalue weighted by Gasteiger charge is -2.41. The Kier molecular flexibility index (Phi) is 5.87. The summed E-state index contributed by atoms with van der Waals surface area (Å²) in [6.07, 6.45) is 4.55. The van der Waals surface area contributed by atoms with E-state index in [4.69, 9.17) is 11.6 Å². The molecule has 1 N–H and O–H groups in total. The first-order valence-electron chi connectivity index (χ1n) is 8.96. The fraction of sp³-hybridized carbons (Fsp3) is 0.273. The Labute approximate surface area is 173 Å². The smallest absolute Gasteiger partial charge is 0.387 e. The van der Waals surface area contributed by atoms with Crippen molar-refractivity contribution in [2.24, 2.45) is 5.41 Å². The number of benzene rings is 2. The third-order valence-corrected chi connectivity index (χ3v) is 5.15. The van der Waals surface area contributed by atoms with Crippen LogP contribution in [-0.2, 0) is 5.60 Å². The summed E-state index contributed by atoms with van der Waals surface area (Å²) >= 11 is 6.60. The number of alkyl halides is 2. The Balaban J connectivity index is 2.02. The molecule has 1 atom stereocenters. The van der Waals surface area contributed by atoms with Crippen molar-refractivity contribution in [1.82, 2.24) is 9.97 Å². The van der Waals surface area contributed by atoms with Gasteiger partial charge < -0.3 is 9.84 Å². The van der Waals surface area contributed by atoms with Gasteiger partial charge in [0, 0.05) is 28.5 Å². The van der Waals surface area contributed by atoms with E-state index in [9.17, 15) is 13.9 Å². The van der Waals surface area contributed by atoms with E-state index < -0.39 is 17.6 Å². The van der Waals surface area contributed by atoms with Crippen LogP contribution in [-0.4, -0.2) is 21.7 Å². The average molecular weight is 419 g/mol. The SMILES string of the molecule is CC(C)(C)C(O)(c1cncnc1)c1ccc(-c2ccc(OC(F)F)cc2)cc1Cl. The van der Waals surface area contributed by atoms with Crippen LogP contribution in [0.2, 0.25) is 5.02 Å². The molecule has 0 aliphatic heterocycles. The molecule has 29 heavy (non-hydrogen) atoms. The van der Waals surface area contributed by atoms with Gasteiger partial charge in [-0.1, -0.05) is 56.6 Å².